The van der Waals surface area contributed by atoms with Crippen LogP contribution in [0.3, 0.4) is 0 Å². The molecule has 0 amide bonds. The van der Waals surface area contributed by atoms with Gasteiger partial charge < -0.3 is 9.47 Å². The summed E-state index contributed by atoms with van der Waals surface area (Å²) < 4.78 is 5.15. The first-order valence-electron chi connectivity index (χ1n) is 22.2. The van der Waals surface area contributed by atoms with E-state index in [0.717, 1.165) is 17.1 Å². The highest BCUT2D eigenvalue weighted by atomic mass is 32.1. The maximum absolute atomic E-state index is 2.49. The molecule has 0 N–H and O–H groups in total. The number of thiophene rings is 1. The molecule has 2 aromatic heterocycles. The van der Waals surface area contributed by atoms with Crippen molar-refractivity contribution in [2.24, 2.45) is 0 Å². The number of fused-ring (bicyclic) bond motifs is 12. The summed E-state index contributed by atoms with van der Waals surface area (Å²) in [5.74, 6) is 0. The minimum absolute atomic E-state index is 0.104. The third-order valence-electron chi connectivity index (χ3n) is 13.8. The largest absolute Gasteiger partial charge is 0.310 e. The number of nitrogens with zero attached hydrogens (tertiary/aromatic N) is 2. The van der Waals surface area contributed by atoms with Gasteiger partial charge in [-0.3, -0.25) is 0 Å². The second-order valence-corrected chi connectivity index (χ2v) is 18.8. The molecule has 0 saturated heterocycles. The number of hydrogen-bond donors (Lipinski definition) is 0. The van der Waals surface area contributed by atoms with Gasteiger partial charge in [-0.25, -0.2) is 0 Å². The van der Waals surface area contributed by atoms with Crippen LogP contribution in [0.15, 0.2) is 218 Å². The predicted octanol–water partition coefficient (Wildman–Crippen LogP) is 17.4. The monoisotopic (exact) mass is 834 g/mol. The highest BCUT2D eigenvalue weighted by molar-refractivity contribution is 7.26. The van der Waals surface area contributed by atoms with Gasteiger partial charge in [0.05, 0.1) is 11.0 Å². The first-order chi connectivity index (χ1) is 31.5. The quantitative estimate of drug-likeness (QED) is 0.162. The molecule has 0 atom stereocenters. The third-order valence-corrected chi connectivity index (χ3v) is 15.0. The fourth-order valence-corrected chi connectivity index (χ4v) is 11.9. The lowest BCUT2D eigenvalue weighted by molar-refractivity contribution is 0.660. The van der Waals surface area contributed by atoms with Crippen LogP contribution < -0.4 is 4.90 Å². The van der Waals surface area contributed by atoms with Crippen LogP contribution in [0, 0.1) is 0 Å². The van der Waals surface area contributed by atoms with Gasteiger partial charge in [0, 0.05) is 64.5 Å². The Morgan fingerprint density at radius 3 is 1.78 bits per heavy atom. The molecule has 12 aromatic rings. The lowest BCUT2D eigenvalue weighted by Crippen LogP contribution is -2.16. The molecule has 3 heteroatoms. The van der Waals surface area contributed by atoms with Gasteiger partial charge in [-0.05, 0) is 117 Å². The Bertz CT molecular complexity index is 3780. The molecule has 0 spiro atoms. The van der Waals surface area contributed by atoms with Crippen molar-refractivity contribution in [2.75, 3.05) is 4.90 Å². The fourth-order valence-electron chi connectivity index (χ4n) is 10.6. The molecule has 2 nitrogen and oxygen atoms in total. The van der Waals surface area contributed by atoms with Crippen molar-refractivity contribution in [3.63, 3.8) is 0 Å². The summed E-state index contributed by atoms with van der Waals surface area (Å²) in [4.78, 5) is 2.41. The summed E-state index contributed by atoms with van der Waals surface area (Å²) in [5, 5.41) is 7.74. The van der Waals surface area contributed by atoms with Crippen LogP contribution >= 0.6 is 11.3 Å². The number of benzene rings is 10. The van der Waals surface area contributed by atoms with E-state index in [1.54, 1.807) is 0 Å². The fraction of sp³-hybridized carbons (Fsp3) is 0.0492. The maximum atomic E-state index is 2.49. The van der Waals surface area contributed by atoms with Crippen molar-refractivity contribution in [1.82, 2.24) is 4.57 Å². The summed E-state index contributed by atoms with van der Waals surface area (Å²) in [5.41, 5.74) is 17.1. The molecule has 10 aromatic carbocycles. The van der Waals surface area contributed by atoms with Crippen LogP contribution in [-0.2, 0) is 5.41 Å². The van der Waals surface area contributed by atoms with Crippen molar-refractivity contribution in [2.45, 2.75) is 19.3 Å². The molecule has 0 aliphatic heterocycles. The highest BCUT2D eigenvalue weighted by Gasteiger charge is 2.35. The van der Waals surface area contributed by atoms with Gasteiger partial charge in [0.1, 0.15) is 0 Å². The van der Waals surface area contributed by atoms with E-state index in [1.807, 2.05) is 11.3 Å². The molecule has 64 heavy (non-hydrogen) atoms. The van der Waals surface area contributed by atoms with Gasteiger partial charge in [-0.15, -0.1) is 11.3 Å². The standard InChI is InChI=1S/C61H42N2S/c1-61(2)54-19-11-9-17-48(54)49-35-32-47(38-55(49)61)62(45-28-21-40(22-29-45)39-13-5-3-6-14-39)46-30-23-41(24-31-46)43-27-36-56-53(37-43)51-33-25-42-26-34-52-50-18-10-12-20-57(50)64-60(52)58(42)59(51)63(56)44-15-7-4-8-16-44/h3-38H,1-2H3. The zero-order valence-corrected chi connectivity index (χ0v) is 36.4. The lowest BCUT2D eigenvalue weighted by atomic mass is 9.82. The number of aromatic nitrogens is 1. The van der Waals surface area contributed by atoms with Crippen LogP contribution in [-0.4, -0.2) is 4.57 Å². The van der Waals surface area contributed by atoms with Crippen LogP contribution in [0.2, 0.25) is 0 Å². The zero-order valence-electron chi connectivity index (χ0n) is 35.6. The smallest absolute Gasteiger partial charge is 0.0633 e. The van der Waals surface area contributed by atoms with E-state index in [9.17, 15) is 0 Å². The van der Waals surface area contributed by atoms with Crippen LogP contribution in [0.5, 0.6) is 0 Å². The molecule has 13 rings (SSSR count). The Morgan fingerprint density at radius 1 is 0.422 bits per heavy atom. The Hall–Kier alpha value is -7.72. The van der Waals surface area contributed by atoms with E-state index < -0.39 is 0 Å². The van der Waals surface area contributed by atoms with Gasteiger partial charge in [-0.2, -0.15) is 0 Å². The van der Waals surface area contributed by atoms with Crippen molar-refractivity contribution >= 4 is 81.1 Å². The molecule has 302 valence electrons. The Morgan fingerprint density at radius 2 is 1.02 bits per heavy atom. The molecular formula is C61H42N2S. The van der Waals surface area contributed by atoms with E-state index in [1.165, 1.54) is 103 Å². The summed E-state index contributed by atoms with van der Waals surface area (Å²) in [6.07, 6.45) is 0. The summed E-state index contributed by atoms with van der Waals surface area (Å²) in [7, 11) is 0. The van der Waals surface area contributed by atoms with Gasteiger partial charge in [0.2, 0.25) is 0 Å². The predicted molar refractivity (Wildman–Crippen MR) is 274 cm³/mol. The van der Waals surface area contributed by atoms with Crippen LogP contribution in [0.1, 0.15) is 25.0 Å². The van der Waals surface area contributed by atoms with Crippen molar-refractivity contribution in [1.29, 1.82) is 0 Å². The molecule has 1 aliphatic carbocycles. The highest BCUT2D eigenvalue weighted by Crippen LogP contribution is 2.51. The molecule has 0 bridgehead atoms. The summed E-state index contributed by atoms with van der Waals surface area (Å²) in [6, 6.07) is 80.7. The topological polar surface area (TPSA) is 8.17 Å². The molecule has 0 fully saturated rings. The van der Waals surface area contributed by atoms with Crippen molar-refractivity contribution < 1.29 is 0 Å². The average Bonchev–Trinajstić information content (AvgIpc) is 3.98. The Balaban J connectivity index is 0.953. The molecule has 0 radical (unpaired) electrons. The van der Waals surface area contributed by atoms with Crippen LogP contribution in [0.4, 0.5) is 17.1 Å². The molecular weight excluding hydrogens is 793 g/mol. The molecule has 0 unspecified atom stereocenters. The molecule has 2 heterocycles. The van der Waals surface area contributed by atoms with Gasteiger partial charge in [0.25, 0.3) is 0 Å². The number of anilines is 3. The summed E-state index contributed by atoms with van der Waals surface area (Å²) >= 11 is 1.91. The second kappa shape index (κ2) is 14.2. The van der Waals surface area contributed by atoms with E-state index in [2.05, 4.69) is 242 Å². The maximum Gasteiger partial charge on any atom is 0.0633 e. The lowest BCUT2D eigenvalue weighted by Gasteiger charge is -2.28. The summed E-state index contributed by atoms with van der Waals surface area (Å²) in [6.45, 7) is 4.72. The Kier molecular flexibility index (Phi) is 8.16. The van der Waals surface area contributed by atoms with Gasteiger partial charge in [-0.1, -0.05) is 166 Å². The minimum Gasteiger partial charge on any atom is -0.310 e. The van der Waals surface area contributed by atoms with Gasteiger partial charge >= 0.3 is 0 Å². The SMILES string of the molecule is CC1(C)c2ccccc2-c2ccc(N(c3ccc(-c4ccccc4)cc3)c3ccc(-c4ccc5c(c4)c4ccc6ccc7c8ccccc8sc7c6c4n5-c4ccccc4)cc3)cc21. The zero-order chi connectivity index (χ0) is 42.5. The number of para-hydroxylation sites is 1. The third kappa shape index (κ3) is 5.57. The number of hydrogen-bond acceptors (Lipinski definition) is 2. The van der Waals surface area contributed by atoms with Crippen molar-refractivity contribution in [3.8, 4) is 39.1 Å². The molecule has 0 saturated carbocycles. The van der Waals surface area contributed by atoms with E-state index in [4.69, 9.17) is 0 Å². The van der Waals surface area contributed by atoms with E-state index >= 15 is 0 Å². The second-order valence-electron chi connectivity index (χ2n) is 17.7. The molecule has 1 aliphatic rings. The van der Waals surface area contributed by atoms with Crippen LogP contribution in [0.25, 0.3) is 91.8 Å². The normalized spacial score (nSPS) is 13.0. The first-order valence-corrected chi connectivity index (χ1v) is 23.0. The minimum atomic E-state index is -0.104. The Labute approximate surface area is 376 Å². The first kappa shape index (κ1) is 36.9. The average molecular weight is 835 g/mol. The number of rotatable bonds is 6. The van der Waals surface area contributed by atoms with E-state index in [-0.39, 0.29) is 5.41 Å². The van der Waals surface area contributed by atoms with Gasteiger partial charge in [0.15, 0.2) is 0 Å². The van der Waals surface area contributed by atoms with Crippen molar-refractivity contribution in [3.05, 3.63) is 230 Å². The van der Waals surface area contributed by atoms with E-state index in [0.29, 0.717) is 0 Å².